The van der Waals surface area contributed by atoms with Crippen molar-refractivity contribution < 1.29 is 7.25 Å². The molecular weight excluding hydrogens is 277 g/mol. The average molecular weight is 291 g/mol. The molecule has 0 bridgehead atoms. The molecule has 79 valence electrons. The van der Waals surface area contributed by atoms with E-state index in [9.17, 15) is 0 Å². The maximum absolute atomic E-state index is 2.55. The van der Waals surface area contributed by atoms with Crippen LogP contribution in [0.3, 0.4) is 0 Å². The second-order valence-corrected chi connectivity index (χ2v) is 41.9. The minimum absolute atomic E-state index is 0. The third-order valence-electron chi connectivity index (χ3n) is 18.1. The van der Waals surface area contributed by atoms with Crippen LogP contribution < -0.4 is 0 Å². The molecule has 10 heterocycles. The molecule has 0 aromatic heterocycles. The summed E-state index contributed by atoms with van der Waals surface area (Å²) in [7, 11) is -2.55. The van der Waals surface area contributed by atoms with E-state index in [1.54, 1.807) is 46.3 Å². The molecule has 10 aliphatic rings. The van der Waals surface area contributed by atoms with Gasteiger partial charge in [0.1, 0.15) is 0 Å². The first-order valence-corrected chi connectivity index (χ1v) is 14.0. The Morgan fingerprint density at radius 1 is 0.357 bits per heavy atom. The van der Waals surface area contributed by atoms with E-state index in [0.717, 1.165) is 0 Å². The molecule has 1 spiro atoms. The average Bonchev–Trinajstić information content (AvgIpc) is 3.01. The van der Waals surface area contributed by atoms with E-state index in [1.807, 2.05) is 0 Å². The molecule has 0 atom stereocenters. The Kier molecular flexibility index (Phi) is 0.224. The van der Waals surface area contributed by atoms with Crippen molar-refractivity contribution in [3.63, 3.8) is 0 Å². The van der Waals surface area contributed by atoms with Crippen molar-refractivity contribution >= 4 is 37.2 Å². The van der Waals surface area contributed by atoms with Crippen LogP contribution in [0, 0.1) is 0 Å². The van der Waals surface area contributed by atoms with Crippen LogP contribution in [0.4, 0.5) is 0 Å². The van der Waals surface area contributed by atoms with E-state index in [4.69, 9.17) is 0 Å². The van der Waals surface area contributed by atoms with E-state index in [0.29, 0.717) is 0 Å². The molecular formula is C10H13Cl3V. The van der Waals surface area contributed by atoms with Gasteiger partial charge in [0.15, 0.2) is 0 Å². The van der Waals surface area contributed by atoms with Crippen molar-refractivity contribution in [2.24, 2.45) is 0 Å². The minimum atomic E-state index is -2.55. The van der Waals surface area contributed by atoms with Crippen molar-refractivity contribution in [3.05, 3.63) is 0 Å². The zero-order valence-corrected chi connectivity index (χ0v) is 11.3. The Labute approximate surface area is 90.3 Å². The molecule has 0 N–H and O–H groups in total. The van der Waals surface area contributed by atoms with Gasteiger partial charge in [-0.3, -0.25) is 0 Å². The first-order valence-electron chi connectivity index (χ1n) is 5.92. The molecule has 14 heavy (non-hydrogen) atoms. The summed E-state index contributed by atoms with van der Waals surface area (Å²) in [4.78, 5) is 0. The number of hydrogen-bond donors (Lipinski definition) is 0. The summed E-state index contributed by atoms with van der Waals surface area (Å²) < 4.78 is 16.1. The molecule has 0 unspecified atom stereocenters. The van der Waals surface area contributed by atoms with Crippen LogP contribution in [0.25, 0.3) is 0 Å². The zero-order valence-electron chi connectivity index (χ0n) is 7.45. The molecule has 10 aliphatic heterocycles. The van der Waals surface area contributed by atoms with Crippen LogP contribution in [0.5, 0.6) is 0 Å². The Hall–Kier alpha value is 1.45. The SMILES string of the molecule is Cl.Cl.Cl.[CH]12[CH]3[CH]4[CH]5[CH]1[V]23451678[CH]2[CH]1[CH]6[CH]7[CH]28. The molecule has 10 rings (SSSR count). The summed E-state index contributed by atoms with van der Waals surface area (Å²) in [6, 6.07) is 0. The predicted octanol–water partition coefficient (Wildman–Crippen LogP) is 4.64. The molecule has 4 heteroatoms. The van der Waals surface area contributed by atoms with E-state index < -0.39 is 7.25 Å². The summed E-state index contributed by atoms with van der Waals surface area (Å²) in [5.41, 5.74) is 0. The first kappa shape index (κ1) is 7.01. The van der Waals surface area contributed by atoms with Gasteiger partial charge in [-0.2, -0.15) is 0 Å². The molecule has 0 amide bonds. The van der Waals surface area contributed by atoms with Crippen LogP contribution >= 0.6 is 37.2 Å². The standard InChI is InChI=1S/2C5H5.3ClH.V/c2*1-2-4-5-3-1;;;;/h2*1-5H;3*1H;. The number of hydrogen-bond acceptors (Lipinski definition) is 0. The van der Waals surface area contributed by atoms with Crippen LogP contribution in [0.1, 0.15) is 0 Å². The summed E-state index contributed by atoms with van der Waals surface area (Å²) in [6.07, 6.45) is 0. The van der Waals surface area contributed by atoms with Crippen LogP contribution in [0.15, 0.2) is 0 Å². The van der Waals surface area contributed by atoms with Crippen molar-refractivity contribution in [2.75, 3.05) is 0 Å². The Bertz CT molecular complexity index is 583. The van der Waals surface area contributed by atoms with E-state index in [2.05, 4.69) is 0 Å². The normalized spacial score (nSPS) is 134. The molecule has 10 fully saturated rings. The first-order chi connectivity index (χ1) is 5.16. The van der Waals surface area contributed by atoms with Crippen molar-refractivity contribution in [2.45, 2.75) is 46.3 Å². The summed E-state index contributed by atoms with van der Waals surface area (Å²) in [5, 5.41) is 0. The predicted molar refractivity (Wildman–Crippen MR) is 59.2 cm³/mol. The van der Waals surface area contributed by atoms with Gasteiger partial charge in [0.05, 0.1) is 0 Å². The maximum atomic E-state index is 1.61. The molecule has 10 saturated heterocycles. The number of rotatable bonds is 0. The molecule has 0 saturated carbocycles. The number of fused-ring (bicyclic) bond motifs is 10. The third kappa shape index (κ3) is 0.0514. The summed E-state index contributed by atoms with van der Waals surface area (Å²) >= 11 is 0. The molecule has 0 nitrogen and oxygen atoms in total. The molecule has 0 radical (unpaired) electrons. The zero-order chi connectivity index (χ0) is 6.09. The van der Waals surface area contributed by atoms with E-state index >= 15 is 0 Å². The van der Waals surface area contributed by atoms with Gasteiger partial charge in [-0.25, -0.2) is 0 Å². The van der Waals surface area contributed by atoms with Gasteiger partial charge in [0.25, 0.3) is 0 Å². The van der Waals surface area contributed by atoms with Crippen LogP contribution in [0.2, 0.25) is 46.3 Å². The fourth-order valence-electron chi connectivity index (χ4n) is 20.5. The Morgan fingerprint density at radius 3 is 0.500 bits per heavy atom. The molecule has 0 aromatic carbocycles. The van der Waals surface area contributed by atoms with Crippen molar-refractivity contribution in [3.8, 4) is 0 Å². The van der Waals surface area contributed by atoms with Gasteiger partial charge in [-0.05, 0) is 0 Å². The van der Waals surface area contributed by atoms with Crippen LogP contribution in [-0.4, -0.2) is 0 Å². The van der Waals surface area contributed by atoms with Crippen molar-refractivity contribution in [1.82, 2.24) is 0 Å². The second kappa shape index (κ2) is 0.448. The van der Waals surface area contributed by atoms with Gasteiger partial charge in [0.2, 0.25) is 0 Å². The van der Waals surface area contributed by atoms with Gasteiger partial charge < -0.3 is 0 Å². The number of halogens is 3. The molecule has 0 aromatic rings. The van der Waals surface area contributed by atoms with Gasteiger partial charge in [-0.15, -0.1) is 37.2 Å². The summed E-state index contributed by atoms with van der Waals surface area (Å²) in [6.45, 7) is 0. The summed E-state index contributed by atoms with van der Waals surface area (Å²) in [5.74, 6) is 0. The topological polar surface area (TPSA) is 0 Å². The van der Waals surface area contributed by atoms with E-state index in [-0.39, 0.29) is 37.2 Å². The van der Waals surface area contributed by atoms with Gasteiger partial charge in [-0.1, -0.05) is 0 Å². The van der Waals surface area contributed by atoms with Gasteiger partial charge in [0, 0.05) is 0 Å². The fourth-order valence-corrected chi connectivity index (χ4v) is 122. The third-order valence-corrected chi connectivity index (χ3v) is 71.1. The monoisotopic (exact) mass is 289 g/mol. The van der Waals surface area contributed by atoms with Crippen LogP contribution in [-0.2, 0) is 7.25 Å². The quantitative estimate of drug-likeness (QED) is 0.609. The van der Waals surface area contributed by atoms with Crippen molar-refractivity contribution in [1.29, 1.82) is 0 Å². The van der Waals surface area contributed by atoms with E-state index in [1.165, 1.54) is 0 Å². The second-order valence-electron chi connectivity index (χ2n) is 11.6. The Morgan fingerprint density at radius 2 is 0.500 bits per heavy atom. The molecule has 0 aliphatic carbocycles. The van der Waals surface area contributed by atoms with Gasteiger partial charge >= 0.3 is 53.5 Å². The Balaban J connectivity index is 0.000000167. The fraction of sp³-hybridized carbons (Fsp3) is 1.00.